The van der Waals surface area contributed by atoms with Gasteiger partial charge in [-0.15, -0.1) is 0 Å². The van der Waals surface area contributed by atoms with E-state index in [2.05, 4.69) is 53.2 Å². The van der Waals surface area contributed by atoms with Crippen molar-refractivity contribution >= 4 is 11.8 Å². The minimum absolute atomic E-state index is 0.0575. The molecule has 0 unspecified atom stereocenters. The van der Waals surface area contributed by atoms with E-state index < -0.39 is 0 Å². The molecule has 1 aromatic rings. The standard InChI is InChI=1S/C20H30N4O2/c1-16(2)18-5-3-17(4-6-18)13-22-9-11-23(12-10-22)15-20(26)24-8-7-21-19(25)14-24/h3-6,16H,7-15H2,1-2H3,(H,21,25). The molecule has 3 rings (SSSR count). The predicted octanol–water partition coefficient (Wildman–Crippen LogP) is 0.886. The number of rotatable bonds is 5. The summed E-state index contributed by atoms with van der Waals surface area (Å²) >= 11 is 0. The molecule has 2 heterocycles. The van der Waals surface area contributed by atoms with Crippen molar-refractivity contribution < 1.29 is 9.59 Å². The number of nitrogens with one attached hydrogen (secondary N) is 1. The third-order valence-corrected chi connectivity index (χ3v) is 5.27. The Morgan fingerprint density at radius 3 is 2.31 bits per heavy atom. The zero-order valence-corrected chi connectivity index (χ0v) is 15.9. The average molecular weight is 358 g/mol. The topological polar surface area (TPSA) is 55.9 Å². The Morgan fingerprint density at radius 1 is 1.04 bits per heavy atom. The number of hydrogen-bond acceptors (Lipinski definition) is 4. The molecule has 2 aliphatic rings. The van der Waals surface area contributed by atoms with Crippen LogP contribution in [0.1, 0.15) is 30.9 Å². The number of nitrogens with zero attached hydrogens (tertiary/aromatic N) is 3. The maximum atomic E-state index is 12.4. The van der Waals surface area contributed by atoms with Gasteiger partial charge in [0.1, 0.15) is 0 Å². The highest BCUT2D eigenvalue weighted by molar-refractivity contribution is 5.86. The van der Waals surface area contributed by atoms with Crippen molar-refractivity contribution in [2.75, 3.05) is 52.4 Å². The van der Waals surface area contributed by atoms with Crippen LogP contribution in [0.2, 0.25) is 0 Å². The van der Waals surface area contributed by atoms with E-state index in [9.17, 15) is 9.59 Å². The summed E-state index contributed by atoms with van der Waals surface area (Å²) in [5.41, 5.74) is 2.72. The normalized spacial score (nSPS) is 19.7. The van der Waals surface area contributed by atoms with E-state index >= 15 is 0 Å². The number of piperazine rings is 2. The van der Waals surface area contributed by atoms with E-state index in [-0.39, 0.29) is 18.4 Å². The van der Waals surface area contributed by atoms with Crippen LogP contribution in [0, 0.1) is 0 Å². The molecule has 1 aromatic carbocycles. The summed E-state index contributed by atoms with van der Waals surface area (Å²) in [5.74, 6) is 0.576. The van der Waals surface area contributed by atoms with Crippen LogP contribution in [0.5, 0.6) is 0 Å². The highest BCUT2D eigenvalue weighted by Gasteiger charge is 2.24. The first kappa shape index (κ1) is 18.9. The van der Waals surface area contributed by atoms with E-state index in [1.807, 2.05) is 0 Å². The van der Waals surface area contributed by atoms with Gasteiger partial charge >= 0.3 is 0 Å². The number of carbonyl (C=O) groups excluding carboxylic acids is 2. The van der Waals surface area contributed by atoms with Crippen LogP contribution in [0.15, 0.2) is 24.3 Å². The molecule has 0 bridgehead atoms. The van der Waals surface area contributed by atoms with Gasteiger partial charge in [0.2, 0.25) is 11.8 Å². The van der Waals surface area contributed by atoms with Crippen LogP contribution in [-0.2, 0) is 16.1 Å². The molecule has 0 spiro atoms. The minimum atomic E-state index is -0.0575. The monoisotopic (exact) mass is 358 g/mol. The van der Waals surface area contributed by atoms with E-state index in [0.717, 1.165) is 32.7 Å². The second-order valence-corrected chi connectivity index (χ2v) is 7.61. The number of hydrogen-bond donors (Lipinski definition) is 1. The van der Waals surface area contributed by atoms with Gasteiger partial charge < -0.3 is 10.2 Å². The fourth-order valence-electron chi connectivity index (χ4n) is 3.51. The second kappa shape index (κ2) is 8.64. The summed E-state index contributed by atoms with van der Waals surface area (Å²) in [6.45, 7) is 10.9. The van der Waals surface area contributed by atoms with Crippen LogP contribution in [0.3, 0.4) is 0 Å². The molecule has 0 saturated carbocycles. The highest BCUT2D eigenvalue weighted by atomic mass is 16.2. The van der Waals surface area contributed by atoms with E-state index in [1.165, 1.54) is 11.1 Å². The molecule has 6 heteroatoms. The molecule has 0 atom stereocenters. The predicted molar refractivity (Wildman–Crippen MR) is 102 cm³/mol. The summed E-state index contributed by atoms with van der Waals surface area (Å²) in [6.07, 6.45) is 0. The lowest BCUT2D eigenvalue weighted by Gasteiger charge is -2.36. The maximum Gasteiger partial charge on any atom is 0.239 e. The van der Waals surface area contributed by atoms with Gasteiger partial charge in [-0.05, 0) is 17.0 Å². The lowest BCUT2D eigenvalue weighted by atomic mass is 10.0. The summed E-state index contributed by atoms with van der Waals surface area (Å²) in [4.78, 5) is 30.1. The van der Waals surface area contributed by atoms with Crippen LogP contribution in [0.4, 0.5) is 0 Å². The SMILES string of the molecule is CC(C)c1ccc(CN2CCN(CC(=O)N3CCNC(=O)C3)CC2)cc1. The molecule has 142 valence electrons. The molecular weight excluding hydrogens is 328 g/mol. The average Bonchev–Trinajstić information content (AvgIpc) is 2.64. The summed E-state index contributed by atoms with van der Waals surface area (Å²) < 4.78 is 0. The Morgan fingerprint density at radius 2 is 1.69 bits per heavy atom. The van der Waals surface area contributed by atoms with Crippen molar-refractivity contribution in [3.8, 4) is 0 Å². The summed E-state index contributed by atoms with van der Waals surface area (Å²) in [5, 5.41) is 2.76. The van der Waals surface area contributed by atoms with Crippen LogP contribution < -0.4 is 5.32 Å². The van der Waals surface area contributed by atoms with Gasteiger partial charge in [-0.25, -0.2) is 0 Å². The molecule has 2 fully saturated rings. The Bertz CT molecular complexity index is 621. The van der Waals surface area contributed by atoms with Gasteiger partial charge in [0.25, 0.3) is 0 Å². The minimum Gasteiger partial charge on any atom is -0.353 e. The van der Waals surface area contributed by atoms with Gasteiger partial charge in [0.05, 0.1) is 13.1 Å². The van der Waals surface area contributed by atoms with Gasteiger partial charge in [-0.2, -0.15) is 0 Å². The van der Waals surface area contributed by atoms with Gasteiger partial charge in [0.15, 0.2) is 0 Å². The third-order valence-electron chi connectivity index (χ3n) is 5.27. The molecule has 2 amide bonds. The molecule has 0 aromatic heterocycles. The van der Waals surface area contributed by atoms with Crippen molar-refractivity contribution in [1.29, 1.82) is 0 Å². The van der Waals surface area contributed by atoms with Crippen LogP contribution in [0.25, 0.3) is 0 Å². The quantitative estimate of drug-likeness (QED) is 0.849. The summed E-state index contributed by atoms with van der Waals surface area (Å²) in [6, 6.07) is 8.91. The molecule has 1 N–H and O–H groups in total. The molecule has 2 aliphatic heterocycles. The summed E-state index contributed by atoms with van der Waals surface area (Å²) in [7, 11) is 0. The van der Waals surface area contributed by atoms with E-state index in [1.54, 1.807) is 4.90 Å². The fraction of sp³-hybridized carbons (Fsp3) is 0.600. The van der Waals surface area contributed by atoms with Crippen molar-refractivity contribution in [2.45, 2.75) is 26.3 Å². The number of amides is 2. The van der Waals surface area contributed by atoms with Crippen molar-refractivity contribution in [3.63, 3.8) is 0 Å². The molecule has 0 radical (unpaired) electrons. The van der Waals surface area contributed by atoms with Gasteiger partial charge in [-0.1, -0.05) is 38.1 Å². The Hall–Kier alpha value is -1.92. The van der Waals surface area contributed by atoms with Crippen LogP contribution in [-0.4, -0.2) is 78.9 Å². The van der Waals surface area contributed by atoms with E-state index in [4.69, 9.17) is 0 Å². The first-order valence-corrected chi connectivity index (χ1v) is 9.59. The Balaban J connectivity index is 1.42. The molecular formula is C20H30N4O2. The highest BCUT2D eigenvalue weighted by Crippen LogP contribution is 2.16. The lowest BCUT2D eigenvalue weighted by Crippen LogP contribution is -2.54. The second-order valence-electron chi connectivity index (χ2n) is 7.61. The smallest absolute Gasteiger partial charge is 0.239 e. The Kier molecular flexibility index (Phi) is 6.27. The first-order chi connectivity index (χ1) is 12.5. The number of benzene rings is 1. The molecule has 26 heavy (non-hydrogen) atoms. The third kappa shape index (κ3) is 5.05. The Labute approximate surface area is 156 Å². The van der Waals surface area contributed by atoms with Gasteiger partial charge in [0, 0.05) is 45.8 Å². The number of carbonyl (C=O) groups is 2. The van der Waals surface area contributed by atoms with E-state index in [0.29, 0.717) is 25.6 Å². The zero-order chi connectivity index (χ0) is 18.5. The molecule has 2 saturated heterocycles. The maximum absolute atomic E-state index is 12.4. The molecule has 0 aliphatic carbocycles. The largest absolute Gasteiger partial charge is 0.353 e. The fourth-order valence-corrected chi connectivity index (χ4v) is 3.51. The van der Waals surface area contributed by atoms with Crippen LogP contribution >= 0.6 is 0 Å². The van der Waals surface area contributed by atoms with Crippen molar-refractivity contribution in [1.82, 2.24) is 20.0 Å². The lowest BCUT2D eigenvalue weighted by molar-refractivity contribution is -0.139. The van der Waals surface area contributed by atoms with Crippen molar-refractivity contribution in [3.05, 3.63) is 35.4 Å². The van der Waals surface area contributed by atoms with Crippen molar-refractivity contribution in [2.24, 2.45) is 0 Å². The van der Waals surface area contributed by atoms with Gasteiger partial charge in [-0.3, -0.25) is 19.4 Å². The first-order valence-electron chi connectivity index (χ1n) is 9.59. The zero-order valence-electron chi connectivity index (χ0n) is 15.9. The molecule has 6 nitrogen and oxygen atoms in total.